The molecule has 0 fully saturated rings. The van der Waals surface area contributed by atoms with Gasteiger partial charge >= 0.3 is 0 Å². The Bertz CT molecular complexity index is 652. The third-order valence-electron chi connectivity index (χ3n) is 3.44. The summed E-state index contributed by atoms with van der Waals surface area (Å²) in [6.07, 6.45) is 2.76. The van der Waals surface area contributed by atoms with Gasteiger partial charge in [-0.3, -0.25) is 4.99 Å². The lowest BCUT2D eigenvalue weighted by molar-refractivity contribution is 0.371. The zero-order valence-corrected chi connectivity index (χ0v) is 16.9. The summed E-state index contributed by atoms with van der Waals surface area (Å²) in [4.78, 5) is 6.32. The molecule has 2 aromatic rings. The number of rotatable bonds is 5. The third-order valence-corrected chi connectivity index (χ3v) is 3.64. The molecule has 128 valence electrons. The van der Waals surface area contributed by atoms with Gasteiger partial charge in [0, 0.05) is 39.1 Å². The van der Waals surface area contributed by atoms with Crippen LogP contribution in [-0.2, 0) is 26.6 Å². The number of nitrogens with one attached hydrogen (secondary N) is 1. The van der Waals surface area contributed by atoms with Gasteiger partial charge in [-0.15, -0.1) is 24.0 Å². The summed E-state index contributed by atoms with van der Waals surface area (Å²) in [7, 11) is 5.72. The SMILES string of the molecule is CCc1cc(CNC(=NC)N(C)Cc2cc(Cl)cn2C)on1.I. The molecule has 2 heterocycles. The van der Waals surface area contributed by atoms with Crippen molar-refractivity contribution in [1.29, 1.82) is 0 Å². The quantitative estimate of drug-likeness (QED) is 0.431. The van der Waals surface area contributed by atoms with Crippen molar-refractivity contribution in [3.8, 4) is 0 Å². The zero-order valence-electron chi connectivity index (χ0n) is 13.8. The molecule has 23 heavy (non-hydrogen) atoms. The largest absolute Gasteiger partial charge is 0.359 e. The summed E-state index contributed by atoms with van der Waals surface area (Å²) in [6, 6.07) is 3.91. The lowest BCUT2D eigenvalue weighted by Crippen LogP contribution is -2.38. The zero-order chi connectivity index (χ0) is 16.1. The Morgan fingerprint density at radius 3 is 2.74 bits per heavy atom. The molecule has 0 amide bonds. The fraction of sp³-hybridized carbons (Fsp3) is 0.467. The van der Waals surface area contributed by atoms with Crippen LogP contribution in [0.1, 0.15) is 24.1 Å². The van der Waals surface area contributed by atoms with E-state index in [1.807, 2.05) is 48.8 Å². The summed E-state index contributed by atoms with van der Waals surface area (Å²) in [5.74, 6) is 1.58. The number of aromatic nitrogens is 2. The van der Waals surface area contributed by atoms with E-state index in [0.29, 0.717) is 13.1 Å². The first-order valence-corrected chi connectivity index (χ1v) is 7.58. The standard InChI is InChI=1S/C15H22ClN5O.HI/c1-5-12-7-14(22-19-12)8-18-15(17-2)21(4)10-13-6-11(16)9-20(13)3;/h6-7,9H,5,8,10H2,1-4H3,(H,17,18);1H. The Kier molecular flexibility index (Phi) is 7.90. The summed E-state index contributed by atoms with van der Waals surface area (Å²) >= 11 is 6.02. The van der Waals surface area contributed by atoms with E-state index in [-0.39, 0.29) is 24.0 Å². The molecule has 1 N–H and O–H groups in total. The van der Waals surface area contributed by atoms with Crippen LogP contribution in [0, 0.1) is 0 Å². The van der Waals surface area contributed by atoms with Crippen molar-refractivity contribution in [2.24, 2.45) is 12.0 Å². The molecule has 0 saturated heterocycles. The number of nitrogens with zero attached hydrogens (tertiary/aromatic N) is 4. The minimum absolute atomic E-state index is 0. The van der Waals surface area contributed by atoms with E-state index in [1.54, 1.807) is 7.05 Å². The molecule has 0 aromatic carbocycles. The van der Waals surface area contributed by atoms with Gasteiger partial charge in [0.25, 0.3) is 0 Å². The van der Waals surface area contributed by atoms with Crippen LogP contribution in [0.15, 0.2) is 27.8 Å². The smallest absolute Gasteiger partial charge is 0.194 e. The molecule has 2 aromatic heterocycles. The van der Waals surface area contributed by atoms with Crippen molar-refractivity contribution in [1.82, 2.24) is 19.9 Å². The van der Waals surface area contributed by atoms with E-state index in [1.165, 1.54) is 0 Å². The minimum atomic E-state index is 0. The van der Waals surface area contributed by atoms with Crippen molar-refractivity contribution in [2.45, 2.75) is 26.4 Å². The average Bonchev–Trinajstić information content (AvgIpc) is 3.06. The lowest BCUT2D eigenvalue weighted by atomic mass is 10.3. The minimum Gasteiger partial charge on any atom is -0.359 e. The van der Waals surface area contributed by atoms with Gasteiger partial charge in [0.1, 0.15) is 0 Å². The fourth-order valence-electron chi connectivity index (χ4n) is 2.20. The van der Waals surface area contributed by atoms with E-state index in [2.05, 4.69) is 15.5 Å². The monoisotopic (exact) mass is 451 g/mol. The molecule has 8 heteroatoms. The highest BCUT2D eigenvalue weighted by Gasteiger charge is 2.11. The van der Waals surface area contributed by atoms with Crippen molar-refractivity contribution in [2.75, 3.05) is 14.1 Å². The summed E-state index contributed by atoms with van der Waals surface area (Å²) in [6.45, 7) is 3.31. The molecule has 0 spiro atoms. The van der Waals surface area contributed by atoms with E-state index >= 15 is 0 Å². The summed E-state index contributed by atoms with van der Waals surface area (Å²) in [5, 5.41) is 7.99. The molecule has 0 aliphatic rings. The van der Waals surface area contributed by atoms with Crippen molar-refractivity contribution in [3.63, 3.8) is 0 Å². The van der Waals surface area contributed by atoms with Gasteiger partial charge in [-0.1, -0.05) is 23.7 Å². The summed E-state index contributed by atoms with van der Waals surface area (Å²) < 4.78 is 7.27. The van der Waals surface area contributed by atoms with E-state index in [9.17, 15) is 0 Å². The van der Waals surface area contributed by atoms with Crippen LogP contribution in [0.5, 0.6) is 0 Å². The van der Waals surface area contributed by atoms with Crippen LogP contribution in [-0.4, -0.2) is 34.7 Å². The Balaban J connectivity index is 0.00000264. The Morgan fingerprint density at radius 2 is 2.22 bits per heavy atom. The highest BCUT2D eigenvalue weighted by atomic mass is 127. The number of hydrogen-bond acceptors (Lipinski definition) is 3. The van der Waals surface area contributed by atoms with E-state index < -0.39 is 0 Å². The second-order valence-corrected chi connectivity index (χ2v) is 5.59. The van der Waals surface area contributed by atoms with E-state index in [4.69, 9.17) is 16.1 Å². The first-order chi connectivity index (χ1) is 10.5. The Hall–Kier alpha value is -1.22. The highest BCUT2D eigenvalue weighted by Crippen LogP contribution is 2.14. The molecule has 0 saturated carbocycles. The van der Waals surface area contributed by atoms with Crippen molar-refractivity contribution in [3.05, 3.63) is 40.5 Å². The van der Waals surface area contributed by atoms with Gasteiger partial charge in [-0.05, 0) is 12.5 Å². The topological polar surface area (TPSA) is 58.6 Å². The number of aliphatic imine (C=N–C) groups is 1. The van der Waals surface area contributed by atoms with Crippen molar-refractivity contribution >= 4 is 41.5 Å². The molecule has 0 atom stereocenters. The molecular weight excluding hydrogens is 429 g/mol. The summed E-state index contributed by atoms with van der Waals surface area (Å²) in [5.41, 5.74) is 2.07. The van der Waals surface area contributed by atoms with Gasteiger partial charge < -0.3 is 19.3 Å². The predicted molar refractivity (Wildman–Crippen MR) is 103 cm³/mol. The molecule has 0 bridgehead atoms. The number of guanidine groups is 1. The van der Waals surface area contributed by atoms with Gasteiger partial charge in [-0.2, -0.15) is 0 Å². The maximum atomic E-state index is 6.02. The second kappa shape index (κ2) is 9.17. The van der Waals surface area contributed by atoms with Crippen molar-refractivity contribution < 1.29 is 4.52 Å². The van der Waals surface area contributed by atoms with Crippen LogP contribution in [0.2, 0.25) is 5.02 Å². The Morgan fingerprint density at radius 1 is 1.48 bits per heavy atom. The van der Waals surface area contributed by atoms with E-state index in [0.717, 1.165) is 34.6 Å². The fourth-order valence-corrected chi connectivity index (χ4v) is 2.47. The highest BCUT2D eigenvalue weighted by molar-refractivity contribution is 14.0. The van der Waals surface area contributed by atoms with Gasteiger partial charge in [-0.25, -0.2) is 0 Å². The Labute approximate surface area is 158 Å². The molecule has 0 aliphatic carbocycles. The van der Waals surface area contributed by atoms with Crippen LogP contribution in [0.3, 0.4) is 0 Å². The predicted octanol–water partition coefficient (Wildman–Crippen LogP) is 3.05. The molecule has 0 aliphatic heterocycles. The molecule has 0 unspecified atom stereocenters. The normalized spacial score (nSPS) is 11.3. The molecular formula is C15H23ClIN5O. The van der Waals surface area contributed by atoms with Crippen LogP contribution >= 0.6 is 35.6 Å². The van der Waals surface area contributed by atoms with Crippen LogP contribution < -0.4 is 5.32 Å². The lowest BCUT2D eigenvalue weighted by Gasteiger charge is -2.21. The second-order valence-electron chi connectivity index (χ2n) is 5.16. The maximum Gasteiger partial charge on any atom is 0.194 e. The molecule has 6 nitrogen and oxygen atoms in total. The average molecular weight is 452 g/mol. The number of hydrogen-bond donors (Lipinski definition) is 1. The van der Waals surface area contributed by atoms with Gasteiger partial charge in [0.2, 0.25) is 0 Å². The number of halogens is 2. The third kappa shape index (κ3) is 5.42. The number of aryl methyl sites for hydroxylation is 2. The first-order valence-electron chi connectivity index (χ1n) is 7.20. The van der Waals surface area contributed by atoms with Crippen LogP contribution in [0.25, 0.3) is 0 Å². The van der Waals surface area contributed by atoms with Gasteiger partial charge in [0.05, 0.1) is 23.8 Å². The first kappa shape index (κ1) is 19.8. The maximum absolute atomic E-state index is 6.02. The van der Waals surface area contributed by atoms with Crippen LogP contribution in [0.4, 0.5) is 0 Å². The van der Waals surface area contributed by atoms with Gasteiger partial charge in [0.15, 0.2) is 11.7 Å². The molecule has 0 radical (unpaired) electrons. The molecule has 2 rings (SSSR count).